The number of methoxy groups -OCH3 is 1. The molecular weight excluding hydrogens is 396 g/mol. The molecule has 0 aliphatic carbocycles. The van der Waals surface area contributed by atoms with Gasteiger partial charge in [0.05, 0.1) is 26.3 Å². The molecule has 1 fully saturated rings. The summed E-state index contributed by atoms with van der Waals surface area (Å²) in [5.41, 5.74) is 2.18. The van der Waals surface area contributed by atoms with E-state index in [0.717, 1.165) is 60.4 Å². The third kappa shape index (κ3) is 3.94. The van der Waals surface area contributed by atoms with Crippen LogP contribution in [0.5, 0.6) is 17.2 Å². The van der Waals surface area contributed by atoms with E-state index in [2.05, 4.69) is 34.7 Å². The van der Waals surface area contributed by atoms with Gasteiger partial charge in [0.2, 0.25) is 12.6 Å². The lowest BCUT2D eigenvalue weighted by molar-refractivity contribution is -1.02. The Morgan fingerprint density at radius 2 is 1.87 bits per heavy atom. The average Bonchev–Trinajstić information content (AvgIpc) is 3.45. The molecular formula is C22H28N6O3+2. The van der Waals surface area contributed by atoms with Gasteiger partial charge in [-0.1, -0.05) is 18.2 Å². The molecule has 2 aromatic carbocycles. The third-order valence-electron chi connectivity index (χ3n) is 6.19. The second kappa shape index (κ2) is 8.52. The molecule has 0 spiro atoms. The van der Waals surface area contributed by atoms with Crippen LogP contribution in [-0.2, 0) is 6.54 Å². The molecule has 2 aliphatic heterocycles. The number of hydrogen-bond donors (Lipinski definition) is 2. The zero-order valence-corrected chi connectivity index (χ0v) is 17.9. The highest BCUT2D eigenvalue weighted by Crippen LogP contribution is 2.33. The summed E-state index contributed by atoms with van der Waals surface area (Å²) in [6, 6.07) is 14.1. The predicted octanol–water partition coefficient (Wildman–Crippen LogP) is -1.04. The molecule has 2 aliphatic rings. The number of rotatable bonds is 6. The number of para-hydroxylation sites is 1. The fourth-order valence-corrected chi connectivity index (χ4v) is 4.48. The third-order valence-corrected chi connectivity index (χ3v) is 6.19. The van der Waals surface area contributed by atoms with E-state index in [1.54, 1.807) is 12.0 Å². The molecule has 0 radical (unpaired) electrons. The van der Waals surface area contributed by atoms with Crippen LogP contribution in [0.3, 0.4) is 0 Å². The fourth-order valence-electron chi connectivity index (χ4n) is 4.48. The smallest absolute Gasteiger partial charge is 0.231 e. The fraction of sp³-hybridized carbons (Fsp3) is 0.409. The van der Waals surface area contributed by atoms with Crippen LogP contribution in [0.4, 0.5) is 0 Å². The topological polar surface area (TPSA) is 80.2 Å². The van der Waals surface area contributed by atoms with E-state index in [1.807, 2.05) is 35.0 Å². The first-order chi connectivity index (χ1) is 15.2. The van der Waals surface area contributed by atoms with Crippen LogP contribution in [0.2, 0.25) is 0 Å². The molecule has 0 unspecified atom stereocenters. The predicted molar refractivity (Wildman–Crippen MR) is 112 cm³/mol. The lowest BCUT2D eigenvalue weighted by Gasteiger charge is -2.33. The Hall–Kier alpha value is -3.17. The van der Waals surface area contributed by atoms with Crippen molar-refractivity contribution >= 4 is 0 Å². The highest BCUT2D eigenvalue weighted by molar-refractivity contribution is 5.44. The zero-order chi connectivity index (χ0) is 21.2. The van der Waals surface area contributed by atoms with Crippen LogP contribution in [0.25, 0.3) is 0 Å². The standard InChI is InChI=1S/C22H26N6O3/c1-26-9-11-27(12-10-26)21(17-5-3-4-6-18(17)29-2)22-23-24-25-28(22)14-16-7-8-19-20(13-16)31-15-30-19/h3-8,13,21H,9-12,14-15H2,1-2H3/p+2/t21-/m0/s1. The van der Waals surface area contributed by atoms with Crippen molar-refractivity contribution in [1.29, 1.82) is 0 Å². The number of quaternary nitrogens is 2. The summed E-state index contributed by atoms with van der Waals surface area (Å²) in [7, 11) is 3.97. The molecule has 3 aromatic rings. The summed E-state index contributed by atoms with van der Waals surface area (Å²) in [6.07, 6.45) is 0. The molecule has 9 nitrogen and oxygen atoms in total. The molecule has 162 valence electrons. The molecule has 1 saturated heterocycles. The first kappa shape index (κ1) is 19.8. The number of hydrogen-bond acceptors (Lipinski definition) is 6. The van der Waals surface area contributed by atoms with Gasteiger partial charge in [0.25, 0.3) is 0 Å². The molecule has 0 bridgehead atoms. The molecule has 9 heteroatoms. The summed E-state index contributed by atoms with van der Waals surface area (Å²) in [6.45, 7) is 5.15. The Kier molecular flexibility index (Phi) is 5.44. The number of benzene rings is 2. The molecule has 2 N–H and O–H groups in total. The van der Waals surface area contributed by atoms with Crippen LogP contribution in [0, 0.1) is 0 Å². The van der Waals surface area contributed by atoms with Crippen molar-refractivity contribution in [2.75, 3.05) is 47.1 Å². The number of likely N-dealkylation sites (N-methyl/N-ethyl adjacent to an activating group) is 1. The van der Waals surface area contributed by atoms with Gasteiger partial charge in [-0.2, -0.15) is 0 Å². The van der Waals surface area contributed by atoms with E-state index in [0.29, 0.717) is 6.54 Å². The number of piperazine rings is 1. The van der Waals surface area contributed by atoms with Gasteiger partial charge < -0.3 is 24.0 Å². The molecule has 5 rings (SSSR count). The Balaban J connectivity index is 1.51. The van der Waals surface area contributed by atoms with Gasteiger partial charge >= 0.3 is 0 Å². The first-order valence-corrected chi connectivity index (χ1v) is 10.7. The summed E-state index contributed by atoms with van der Waals surface area (Å²) < 4.78 is 18.6. The highest BCUT2D eigenvalue weighted by atomic mass is 16.7. The largest absolute Gasteiger partial charge is 0.496 e. The Labute approximate surface area is 181 Å². The van der Waals surface area contributed by atoms with E-state index in [1.165, 1.54) is 4.90 Å². The van der Waals surface area contributed by atoms with Crippen molar-refractivity contribution in [2.24, 2.45) is 0 Å². The SMILES string of the molecule is COc1ccccc1[C@@H](c1nnnn1Cc1ccc2c(c1)OCO2)[NH+]1CC[NH+](C)CC1. The maximum atomic E-state index is 5.72. The van der Waals surface area contributed by atoms with Crippen LogP contribution in [0.1, 0.15) is 23.0 Å². The van der Waals surface area contributed by atoms with Crippen molar-refractivity contribution in [3.8, 4) is 17.2 Å². The minimum Gasteiger partial charge on any atom is -0.496 e. The maximum Gasteiger partial charge on any atom is 0.231 e. The lowest BCUT2D eigenvalue weighted by atomic mass is 10.0. The quantitative estimate of drug-likeness (QED) is 0.526. The van der Waals surface area contributed by atoms with Gasteiger partial charge in [-0.05, 0) is 40.3 Å². The van der Waals surface area contributed by atoms with Crippen molar-refractivity contribution in [3.05, 3.63) is 59.4 Å². The number of ether oxygens (including phenoxy) is 3. The maximum absolute atomic E-state index is 5.72. The van der Waals surface area contributed by atoms with Gasteiger partial charge in [0.1, 0.15) is 31.9 Å². The Bertz CT molecular complexity index is 1050. The van der Waals surface area contributed by atoms with Gasteiger partial charge in [-0.15, -0.1) is 5.10 Å². The van der Waals surface area contributed by atoms with E-state index in [-0.39, 0.29) is 12.8 Å². The van der Waals surface area contributed by atoms with E-state index >= 15 is 0 Å². The Morgan fingerprint density at radius 1 is 1.06 bits per heavy atom. The Morgan fingerprint density at radius 3 is 2.71 bits per heavy atom. The van der Waals surface area contributed by atoms with Crippen LogP contribution in [0.15, 0.2) is 42.5 Å². The summed E-state index contributed by atoms with van der Waals surface area (Å²) in [4.78, 5) is 3.01. The summed E-state index contributed by atoms with van der Waals surface area (Å²) in [5.74, 6) is 3.25. The number of fused-ring (bicyclic) bond motifs is 1. The number of aromatic nitrogens is 4. The lowest BCUT2D eigenvalue weighted by Crippen LogP contribution is -3.27. The summed E-state index contributed by atoms with van der Waals surface area (Å²) >= 11 is 0. The van der Waals surface area contributed by atoms with Gasteiger partial charge in [-0.3, -0.25) is 0 Å². The zero-order valence-electron chi connectivity index (χ0n) is 17.9. The van der Waals surface area contributed by atoms with Gasteiger partial charge in [0, 0.05) is 0 Å². The van der Waals surface area contributed by atoms with E-state index in [4.69, 9.17) is 14.2 Å². The molecule has 0 saturated carbocycles. The molecule has 1 atom stereocenters. The summed E-state index contributed by atoms with van der Waals surface area (Å²) in [5, 5.41) is 12.9. The second-order valence-corrected chi connectivity index (χ2v) is 8.17. The molecule has 1 aromatic heterocycles. The molecule has 31 heavy (non-hydrogen) atoms. The molecule has 3 heterocycles. The highest BCUT2D eigenvalue weighted by Gasteiger charge is 2.36. The van der Waals surface area contributed by atoms with Crippen molar-refractivity contribution in [3.63, 3.8) is 0 Å². The van der Waals surface area contributed by atoms with Crippen LogP contribution in [-0.4, -0.2) is 67.3 Å². The van der Waals surface area contributed by atoms with E-state index in [9.17, 15) is 0 Å². The van der Waals surface area contributed by atoms with Crippen molar-refractivity contribution in [2.45, 2.75) is 12.6 Å². The van der Waals surface area contributed by atoms with E-state index < -0.39 is 0 Å². The number of nitrogens with zero attached hydrogens (tertiary/aromatic N) is 4. The first-order valence-electron chi connectivity index (χ1n) is 10.7. The monoisotopic (exact) mass is 424 g/mol. The normalized spacial score (nSPS) is 21.1. The van der Waals surface area contributed by atoms with Crippen molar-refractivity contribution in [1.82, 2.24) is 20.2 Å². The number of nitrogens with one attached hydrogen (secondary N) is 2. The second-order valence-electron chi connectivity index (χ2n) is 8.17. The van der Waals surface area contributed by atoms with Crippen LogP contribution >= 0.6 is 0 Å². The van der Waals surface area contributed by atoms with Gasteiger partial charge in [0.15, 0.2) is 17.5 Å². The average molecular weight is 425 g/mol. The van der Waals surface area contributed by atoms with Crippen molar-refractivity contribution < 1.29 is 24.0 Å². The molecule has 0 amide bonds. The number of tetrazole rings is 1. The minimum absolute atomic E-state index is 0.00624. The van der Waals surface area contributed by atoms with Gasteiger partial charge in [-0.25, -0.2) is 4.68 Å². The van der Waals surface area contributed by atoms with Crippen LogP contribution < -0.4 is 24.0 Å². The minimum atomic E-state index is -0.00624.